The molecule has 0 radical (unpaired) electrons. The van der Waals surface area contributed by atoms with E-state index in [0.717, 1.165) is 18.4 Å². The van der Waals surface area contributed by atoms with E-state index in [1.165, 1.54) is 6.42 Å². The number of carbonyl (C=O) groups is 1. The van der Waals surface area contributed by atoms with Gasteiger partial charge in [-0.25, -0.2) is 9.97 Å². The lowest BCUT2D eigenvalue weighted by Gasteiger charge is -2.35. The van der Waals surface area contributed by atoms with Gasteiger partial charge in [0.1, 0.15) is 5.82 Å². The van der Waals surface area contributed by atoms with Gasteiger partial charge in [0, 0.05) is 30.4 Å². The third kappa shape index (κ3) is 2.40. The predicted octanol–water partition coefficient (Wildman–Crippen LogP) is 2.40. The second kappa shape index (κ2) is 5.98. The van der Waals surface area contributed by atoms with E-state index in [-0.39, 0.29) is 11.9 Å². The number of likely N-dealkylation sites (tertiary alicyclic amines) is 1. The van der Waals surface area contributed by atoms with E-state index >= 15 is 0 Å². The Morgan fingerprint density at radius 1 is 1.29 bits per heavy atom. The number of carbonyl (C=O) groups excluding carboxylic acids is 1. The number of amides is 1. The first-order valence-electron chi connectivity index (χ1n) is 8.61. The molecule has 124 valence electrons. The number of piperidine rings is 1. The second-order valence-electron chi connectivity index (χ2n) is 6.79. The van der Waals surface area contributed by atoms with Gasteiger partial charge in [0.25, 0.3) is 5.91 Å². The Labute approximate surface area is 141 Å². The first-order valence-corrected chi connectivity index (χ1v) is 8.61. The van der Waals surface area contributed by atoms with Gasteiger partial charge in [0.05, 0.1) is 11.3 Å². The van der Waals surface area contributed by atoms with E-state index in [1.807, 2.05) is 42.2 Å². The highest BCUT2D eigenvalue weighted by atomic mass is 16.2. The van der Waals surface area contributed by atoms with Crippen molar-refractivity contribution in [2.75, 3.05) is 6.54 Å². The molecule has 5 nitrogen and oxygen atoms in total. The molecule has 0 unspecified atom stereocenters. The van der Waals surface area contributed by atoms with Gasteiger partial charge < -0.3 is 10.6 Å². The summed E-state index contributed by atoms with van der Waals surface area (Å²) in [5.41, 5.74) is 8.21. The Kier molecular flexibility index (Phi) is 3.81. The summed E-state index contributed by atoms with van der Waals surface area (Å²) in [5.74, 6) is 1.25. The Balaban J connectivity index is 1.75. The molecule has 4 rings (SSSR count). The summed E-state index contributed by atoms with van der Waals surface area (Å²) in [6.07, 6.45) is 5.03. The number of aromatic nitrogens is 2. The van der Waals surface area contributed by atoms with Crippen molar-refractivity contribution in [1.29, 1.82) is 0 Å². The van der Waals surface area contributed by atoms with Gasteiger partial charge in [-0.1, -0.05) is 30.3 Å². The van der Waals surface area contributed by atoms with E-state index < -0.39 is 0 Å². The SMILES string of the molecule is Cc1ncc(C(=O)N2[C@@H]3CC[C@@H](C3)[C@H]2CN)c(-c2ccccc2)n1. The molecule has 1 aliphatic heterocycles. The van der Waals surface area contributed by atoms with E-state index in [4.69, 9.17) is 5.73 Å². The van der Waals surface area contributed by atoms with Crippen LogP contribution in [0.2, 0.25) is 0 Å². The first kappa shape index (κ1) is 15.3. The highest BCUT2D eigenvalue weighted by molar-refractivity contribution is 6.00. The number of nitrogens with two attached hydrogens (primary N) is 1. The van der Waals surface area contributed by atoms with Crippen LogP contribution in [0.4, 0.5) is 0 Å². The van der Waals surface area contributed by atoms with Crippen molar-refractivity contribution in [2.24, 2.45) is 11.7 Å². The molecule has 1 saturated heterocycles. The summed E-state index contributed by atoms with van der Waals surface area (Å²) in [5, 5.41) is 0. The average Bonchev–Trinajstić information content (AvgIpc) is 3.22. The van der Waals surface area contributed by atoms with Crippen molar-refractivity contribution in [2.45, 2.75) is 38.3 Å². The van der Waals surface area contributed by atoms with Crippen LogP contribution in [0.25, 0.3) is 11.3 Å². The molecule has 2 fully saturated rings. The normalized spacial score (nSPS) is 25.2. The predicted molar refractivity (Wildman–Crippen MR) is 92.3 cm³/mol. The highest BCUT2D eigenvalue weighted by Crippen LogP contribution is 2.43. The van der Waals surface area contributed by atoms with Crippen LogP contribution in [-0.2, 0) is 0 Å². The minimum Gasteiger partial charge on any atom is -0.331 e. The summed E-state index contributed by atoms with van der Waals surface area (Å²) >= 11 is 0. The van der Waals surface area contributed by atoms with Crippen molar-refractivity contribution in [1.82, 2.24) is 14.9 Å². The van der Waals surface area contributed by atoms with Crippen LogP contribution in [0.1, 0.15) is 35.4 Å². The molecule has 24 heavy (non-hydrogen) atoms. The molecule has 2 heterocycles. The lowest BCUT2D eigenvalue weighted by molar-refractivity contribution is 0.0602. The molecular formula is C19H22N4O. The van der Waals surface area contributed by atoms with Gasteiger partial charge >= 0.3 is 0 Å². The number of hydrogen-bond acceptors (Lipinski definition) is 4. The summed E-state index contributed by atoms with van der Waals surface area (Å²) in [6.45, 7) is 2.38. The smallest absolute Gasteiger partial charge is 0.258 e. The average molecular weight is 322 g/mol. The highest BCUT2D eigenvalue weighted by Gasteiger charge is 2.47. The first-order chi connectivity index (χ1) is 11.7. The van der Waals surface area contributed by atoms with Gasteiger partial charge in [-0.2, -0.15) is 0 Å². The van der Waals surface area contributed by atoms with Crippen LogP contribution < -0.4 is 5.73 Å². The van der Waals surface area contributed by atoms with Gasteiger partial charge in [-0.15, -0.1) is 0 Å². The van der Waals surface area contributed by atoms with Crippen LogP contribution in [0.15, 0.2) is 36.5 Å². The fourth-order valence-electron chi connectivity index (χ4n) is 4.30. The minimum atomic E-state index is 0.0245. The lowest BCUT2D eigenvalue weighted by atomic mass is 9.97. The van der Waals surface area contributed by atoms with Crippen LogP contribution in [0, 0.1) is 12.8 Å². The molecule has 1 amide bonds. The fourth-order valence-corrected chi connectivity index (χ4v) is 4.30. The molecule has 1 aliphatic carbocycles. The summed E-state index contributed by atoms with van der Waals surface area (Å²) < 4.78 is 0. The number of hydrogen-bond donors (Lipinski definition) is 1. The molecule has 0 spiro atoms. The molecular weight excluding hydrogens is 300 g/mol. The van der Waals surface area contributed by atoms with E-state index in [1.54, 1.807) is 6.20 Å². The summed E-state index contributed by atoms with van der Waals surface area (Å²) in [6, 6.07) is 10.3. The van der Waals surface area contributed by atoms with Crippen LogP contribution in [0.3, 0.4) is 0 Å². The fraction of sp³-hybridized carbons (Fsp3) is 0.421. The Hall–Kier alpha value is -2.27. The quantitative estimate of drug-likeness (QED) is 0.942. The summed E-state index contributed by atoms with van der Waals surface area (Å²) in [7, 11) is 0. The number of benzene rings is 1. The molecule has 1 aromatic carbocycles. The lowest BCUT2D eigenvalue weighted by Crippen LogP contribution is -2.48. The molecule has 2 aliphatic rings. The monoisotopic (exact) mass is 322 g/mol. The molecule has 5 heteroatoms. The molecule has 2 bridgehead atoms. The van der Waals surface area contributed by atoms with Crippen LogP contribution in [0.5, 0.6) is 0 Å². The molecule has 1 aromatic heterocycles. The number of fused-ring (bicyclic) bond motifs is 2. The van der Waals surface area contributed by atoms with Gasteiger partial charge in [-0.05, 0) is 32.1 Å². The van der Waals surface area contributed by atoms with Crippen LogP contribution >= 0.6 is 0 Å². The van der Waals surface area contributed by atoms with Gasteiger partial charge in [-0.3, -0.25) is 4.79 Å². The number of rotatable bonds is 3. The van der Waals surface area contributed by atoms with E-state index in [2.05, 4.69) is 9.97 Å². The molecule has 2 N–H and O–H groups in total. The van der Waals surface area contributed by atoms with Crippen molar-refractivity contribution < 1.29 is 4.79 Å². The van der Waals surface area contributed by atoms with Crippen LogP contribution in [-0.4, -0.2) is 39.4 Å². The number of nitrogens with zero attached hydrogens (tertiary/aromatic N) is 3. The van der Waals surface area contributed by atoms with Gasteiger partial charge in [0.2, 0.25) is 0 Å². The zero-order chi connectivity index (χ0) is 16.7. The Bertz CT molecular complexity index is 761. The number of aryl methyl sites for hydroxylation is 1. The molecule has 2 aromatic rings. The maximum absolute atomic E-state index is 13.3. The topological polar surface area (TPSA) is 72.1 Å². The summed E-state index contributed by atoms with van der Waals surface area (Å²) in [4.78, 5) is 24.2. The second-order valence-corrected chi connectivity index (χ2v) is 6.79. The van der Waals surface area contributed by atoms with E-state index in [0.29, 0.717) is 35.6 Å². The van der Waals surface area contributed by atoms with Crippen molar-refractivity contribution in [3.63, 3.8) is 0 Å². The molecule has 1 saturated carbocycles. The zero-order valence-electron chi connectivity index (χ0n) is 13.9. The van der Waals surface area contributed by atoms with Crippen molar-refractivity contribution in [3.05, 3.63) is 47.9 Å². The minimum absolute atomic E-state index is 0.0245. The van der Waals surface area contributed by atoms with Crippen molar-refractivity contribution >= 4 is 5.91 Å². The van der Waals surface area contributed by atoms with Crippen molar-refractivity contribution in [3.8, 4) is 11.3 Å². The maximum Gasteiger partial charge on any atom is 0.258 e. The third-order valence-electron chi connectivity index (χ3n) is 5.40. The van der Waals surface area contributed by atoms with Gasteiger partial charge in [0.15, 0.2) is 0 Å². The zero-order valence-corrected chi connectivity index (χ0v) is 13.9. The Morgan fingerprint density at radius 3 is 2.83 bits per heavy atom. The largest absolute Gasteiger partial charge is 0.331 e. The maximum atomic E-state index is 13.3. The standard InChI is InChI=1S/C19H22N4O/c1-12-21-11-16(18(22-12)13-5-3-2-4-6-13)19(24)23-15-8-7-14(9-15)17(23)10-20/h2-6,11,14-15,17H,7-10,20H2,1H3/t14-,15+,17+/m0/s1. The Morgan fingerprint density at radius 2 is 2.08 bits per heavy atom. The molecule has 3 atom stereocenters. The van der Waals surface area contributed by atoms with E-state index in [9.17, 15) is 4.79 Å². The third-order valence-corrected chi connectivity index (χ3v) is 5.40.